The van der Waals surface area contributed by atoms with Crippen molar-refractivity contribution < 1.29 is 4.74 Å². The maximum Gasteiger partial charge on any atom is 0.0905 e. The van der Waals surface area contributed by atoms with Crippen LogP contribution in [0.15, 0.2) is 0 Å². The van der Waals surface area contributed by atoms with Crippen LogP contribution in [0.3, 0.4) is 0 Å². The van der Waals surface area contributed by atoms with Crippen LogP contribution in [0.2, 0.25) is 0 Å². The molecule has 0 spiro atoms. The highest BCUT2D eigenvalue weighted by molar-refractivity contribution is 4.95. The van der Waals surface area contributed by atoms with E-state index < -0.39 is 0 Å². The van der Waals surface area contributed by atoms with Gasteiger partial charge in [-0.05, 0) is 19.3 Å². The minimum Gasteiger partial charge on any atom is -0.369 e. The lowest BCUT2D eigenvalue weighted by atomic mass is 10.0. The SMILES string of the molecule is CC1CC1OC1(C)CNC1. The molecule has 2 rings (SSSR count). The monoisotopic (exact) mass is 141 g/mol. The normalized spacial score (nSPS) is 42.6. The third kappa shape index (κ3) is 1.06. The van der Waals surface area contributed by atoms with Gasteiger partial charge in [0.25, 0.3) is 0 Å². The summed E-state index contributed by atoms with van der Waals surface area (Å²) in [5.41, 5.74) is 0.176. The second-order valence-corrected chi connectivity index (χ2v) is 3.92. The largest absolute Gasteiger partial charge is 0.369 e. The molecule has 58 valence electrons. The van der Waals surface area contributed by atoms with Crippen molar-refractivity contribution in [2.75, 3.05) is 13.1 Å². The molecular formula is C8H15NO. The van der Waals surface area contributed by atoms with Gasteiger partial charge in [0.15, 0.2) is 0 Å². The Morgan fingerprint density at radius 3 is 2.40 bits per heavy atom. The summed E-state index contributed by atoms with van der Waals surface area (Å²) in [7, 11) is 0. The molecule has 2 unspecified atom stereocenters. The van der Waals surface area contributed by atoms with Crippen molar-refractivity contribution in [3.8, 4) is 0 Å². The molecule has 1 saturated heterocycles. The minimum atomic E-state index is 0.176. The first-order chi connectivity index (χ1) is 4.70. The van der Waals surface area contributed by atoms with Gasteiger partial charge in [0.1, 0.15) is 0 Å². The second kappa shape index (κ2) is 1.95. The standard InChI is InChI=1S/C8H15NO/c1-6-3-7(6)10-8(2)4-9-5-8/h6-7,9H,3-5H2,1-2H3. The molecule has 2 atom stereocenters. The van der Waals surface area contributed by atoms with Crippen molar-refractivity contribution in [1.82, 2.24) is 5.32 Å². The molecule has 1 heterocycles. The summed E-state index contributed by atoms with van der Waals surface area (Å²) in [4.78, 5) is 0. The van der Waals surface area contributed by atoms with Crippen LogP contribution in [0.25, 0.3) is 0 Å². The van der Waals surface area contributed by atoms with Crippen LogP contribution in [0.1, 0.15) is 20.3 Å². The van der Waals surface area contributed by atoms with E-state index in [4.69, 9.17) is 4.74 Å². The minimum absolute atomic E-state index is 0.176. The molecule has 10 heavy (non-hydrogen) atoms. The van der Waals surface area contributed by atoms with E-state index >= 15 is 0 Å². The summed E-state index contributed by atoms with van der Waals surface area (Å²) < 4.78 is 5.83. The van der Waals surface area contributed by atoms with Crippen LogP contribution in [-0.4, -0.2) is 24.8 Å². The van der Waals surface area contributed by atoms with Gasteiger partial charge in [-0.1, -0.05) is 6.92 Å². The predicted molar refractivity (Wildman–Crippen MR) is 39.9 cm³/mol. The zero-order valence-corrected chi connectivity index (χ0v) is 6.68. The lowest BCUT2D eigenvalue weighted by Crippen LogP contribution is -2.59. The zero-order chi connectivity index (χ0) is 7.19. The first-order valence-electron chi connectivity index (χ1n) is 4.08. The van der Waals surface area contributed by atoms with Gasteiger partial charge < -0.3 is 10.1 Å². The maximum absolute atomic E-state index is 5.83. The Hall–Kier alpha value is -0.0800. The third-order valence-electron chi connectivity index (χ3n) is 2.47. The van der Waals surface area contributed by atoms with E-state index in [9.17, 15) is 0 Å². The lowest BCUT2D eigenvalue weighted by molar-refractivity contribution is -0.0807. The van der Waals surface area contributed by atoms with Gasteiger partial charge in [-0.25, -0.2) is 0 Å². The molecule has 0 bridgehead atoms. The Morgan fingerprint density at radius 1 is 1.50 bits per heavy atom. The Bertz CT molecular complexity index is 142. The van der Waals surface area contributed by atoms with E-state index in [0.29, 0.717) is 6.10 Å². The first-order valence-corrected chi connectivity index (χ1v) is 4.08. The number of hydrogen-bond acceptors (Lipinski definition) is 2. The molecule has 1 aliphatic heterocycles. The van der Waals surface area contributed by atoms with Gasteiger partial charge in [0.2, 0.25) is 0 Å². The molecule has 0 aromatic carbocycles. The van der Waals surface area contributed by atoms with Crippen molar-refractivity contribution in [2.24, 2.45) is 5.92 Å². The van der Waals surface area contributed by atoms with E-state index in [1.807, 2.05) is 0 Å². The molecule has 0 aromatic heterocycles. The van der Waals surface area contributed by atoms with E-state index in [0.717, 1.165) is 19.0 Å². The van der Waals surface area contributed by atoms with Crippen LogP contribution >= 0.6 is 0 Å². The van der Waals surface area contributed by atoms with Crippen molar-refractivity contribution in [1.29, 1.82) is 0 Å². The summed E-state index contributed by atoms with van der Waals surface area (Å²) in [6, 6.07) is 0. The number of hydrogen-bond donors (Lipinski definition) is 1. The van der Waals surface area contributed by atoms with E-state index in [1.165, 1.54) is 6.42 Å². The lowest BCUT2D eigenvalue weighted by Gasteiger charge is -2.39. The average molecular weight is 141 g/mol. The summed E-state index contributed by atoms with van der Waals surface area (Å²) in [6.07, 6.45) is 1.85. The van der Waals surface area contributed by atoms with Crippen molar-refractivity contribution in [3.63, 3.8) is 0 Å². The molecule has 2 heteroatoms. The molecule has 2 nitrogen and oxygen atoms in total. The molecule has 2 fully saturated rings. The molecule has 0 aromatic rings. The van der Waals surface area contributed by atoms with Gasteiger partial charge in [0.05, 0.1) is 11.7 Å². The average Bonchev–Trinajstić information content (AvgIpc) is 2.43. The summed E-state index contributed by atoms with van der Waals surface area (Å²) >= 11 is 0. The van der Waals surface area contributed by atoms with Gasteiger partial charge in [0, 0.05) is 13.1 Å². The zero-order valence-electron chi connectivity index (χ0n) is 6.68. The molecule has 2 aliphatic rings. The van der Waals surface area contributed by atoms with Gasteiger partial charge in [-0.2, -0.15) is 0 Å². The highest BCUT2D eigenvalue weighted by atomic mass is 16.5. The van der Waals surface area contributed by atoms with Crippen molar-refractivity contribution >= 4 is 0 Å². The Labute approximate surface area is 61.9 Å². The number of rotatable bonds is 2. The van der Waals surface area contributed by atoms with Crippen LogP contribution in [-0.2, 0) is 4.74 Å². The fraction of sp³-hybridized carbons (Fsp3) is 1.00. The number of nitrogens with one attached hydrogen (secondary N) is 1. The van der Waals surface area contributed by atoms with E-state index in [-0.39, 0.29) is 5.60 Å². The van der Waals surface area contributed by atoms with Gasteiger partial charge in [-0.15, -0.1) is 0 Å². The molecule has 1 aliphatic carbocycles. The highest BCUT2D eigenvalue weighted by Gasteiger charge is 2.42. The topological polar surface area (TPSA) is 21.3 Å². The van der Waals surface area contributed by atoms with Gasteiger partial charge >= 0.3 is 0 Å². The second-order valence-electron chi connectivity index (χ2n) is 3.92. The Balaban J connectivity index is 1.79. The van der Waals surface area contributed by atoms with Crippen LogP contribution < -0.4 is 5.32 Å². The third-order valence-corrected chi connectivity index (χ3v) is 2.47. The Morgan fingerprint density at radius 2 is 2.10 bits per heavy atom. The molecule has 0 radical (unpaired) electrons. The quantitative estimate of drug-likeness (QED) is 0.613. The smallest absolute Gasteiger partial charge is 0.0905 e. The van der Waals surface area contributed by atoms with Crippen LogP contribution in [0.5, 0.6) is 0 Å². The first kappa shape index (κ1) is 6.62. The fourth-order valence-electron chi connectivity index (χ4n) is 1.38. The fourth-order valence-corrected chi connectivity index (χ4v) is 1.38. The molecular weight excluding hydrogens is 126 g/mol. The van der Waals surface area contributed by atoms with Crippen molar-refractivity contribution in [3.05, 3.63) is 0 Å². The highest BCUT2D eigenvalue weighted by Crippen LogP contribution is 2.37. The maximum atomic E-state index is 5.83. The molecule has 1 saturated carbocycles. The Kier molecular flexibility index (Phi) is 1.29. The number of ether oxygens (including phenoxy) is 1. The predicted octanol–water partition coefficient (Wildman–Crippen LogP) is 0.773. The van der Waals surface area contributed by atoms with E-state index in [2.05, 4.69) is 19.2 Å². The van der Waals surface area contributed by atoms with E-state index in [1.54, 1.807) is 0 Å². The van der Waals surface area contributed by atoms with Crippen LogP contribution in [0.4, 0.5) is 0 Å². The summed E-state index contributed by atoms with van der Waals surface area (Å²) in [6.45, 7) is 6.51. The molecule has 0 amide bonds. The van der Waals surface area contributed by atoms with Gasteiger partial charge in [-0.3, -0.25) is 0 Å². The summed E-state index contributed by atoms with van der Waals surface area (Å²) in [5, 5.41) is 3.22. The molecule has 1 N–H and O–H groups in total. The summed E-state index contributed by atoms with van der Waals surface area (Å²) in [5.74, 6) is 0.817. The van der Waals surface area contributed by atoms with Crippen LogP contribution in [0, 0.1) is 5.92 Å². The van der Waals surface area contributed by atoms with Crippen molar-refractivity contribution in [2.45, 2.75) is 32.0 Å².